The van der Waals surface area contributed by atoms with E-state index in [2.05, 4.69) is 41.7 Å². The highest BCUT2D eigenvalue weighted by molar-refractivity contribution is 5.32. The molecule has 128 valence electrons. The number of hydrogen-bond donors (Lipinski definition) is 1. The average molecular weight is 333 g/mol. The molecule has 0 atom stereocenters. The Morgan fingerprint density at radius 2 is 1.08 bits per heavy atom. The molecule has 0 spiro atoms. The van der Waals surface area contributed by atoms with Crippen molar-refractivity contribution in [1.29, 1.82) is 0 Å². The molecule has 1 N–H and O–H groups in total. The molecule has 3 aromatic rings. The predicted octanol–water partition coefficient (Wildman–Crippen LogP) is 4.56. The third kappa shape index (κ3) is 5.37. The van der Waals surface area contributed by atoms with Crippen molar-refractivity contribution >= 4 is 0 Å². The second-order valence-electron chi connectivity index (χ2n) is 5.88. The van der Waals surface area contributed by atoms with Gasteiger partial charge in [0.15, 0.2) is 0 Å². The lowest BCUT2D eigenvalue weighted by Gasteiger charge is -2.09. The van der Waals surface area contributed by atoms with E-state index in [9.17, 15) is 0 Å². The lowest BCUT2D eigenvalue weighted by atomic mass is 10.1. The highest BCUT2D eigenvalue weighted by atomic mass is 16.5. The van der Waals surface area contributed by atoms with E-state index in [4.69, 9.17) is 9.47 Å². The van der Waals surface area contributed by atoms with Gasteiger partial charge in [0.2, 0.25) is 0 Å². The summed E-state index contributed by atoms with van der Waals surface area (Å²) >= 11 is 0. The maximum atomic E-state index is 5.84. The quantitative estimate of drug-likeness (QED) is 0.655. The van der Waals surface area contributed by atoms with Gasteiger partial charge in [0.1, 0.15) is 24.7 Å². The second-order valence-corrected chi connectivity index (χ2v) is 5.88. The van der Waals surface area contributed by atoms with Crippen LogP contribution in [0, 0.1) is 0 Å². The van der Waals surface area contributed by atoms with E-state index in [1.807, 2.05) is 49.5 Å². The summed E-state index contributed by atoms with van der Waals surface area (Å²) in [6.07, 6.45) is 0. The second kappa shape index (κ2) is 8.90. The van der Waals surface area contributed by atoms with Crippen molar-refractivity contribution < 1.29 is 9.47 Å². The van der Waals surface area contributed by atoms with Crippen molar-refractivity contribution in [1.82, 2.24) is 5.32 Å². The van der Waals surface area contributed by atoms with Crippen LogP contribution in [0.15, 0.2) is 78.9 Å². The summed E-state index contributed by atoms with van der Waals surface area (Å²) in [4.78, 5) is 0. The summed E-state index contributed by atoms with van der Waals surface area (Å²) in [5, 5.41) is 3.14. The van der Waals surface area contributed by atoms with E-state index in [0.29, 0.717) is 13.2 Å². The van der Waals surface area contributed by atoms with E-state index in [0.717, 1.165) is 29.2 Å². The van der Waals surface area contributed by atoms with Gasteiger partial charge in [0.05, 0.1) is 0 Å². The topological polar surface area (TPSA) is 30.5 Å². The molecule has 0 unspecified atom stereocenters. The first-order valence-electron chi connectivity index (χ1n) is 8.45. The van der Waals surface area contributed by atoms with Gasteiger partial charge < -0.3 is 14.8 Å². The summed E-state index contributed by atoms with van der Waals surface area (Å²) in [6, 6.07) is 26.3. The smallest absolute Gasteiger partial charge is 0.120 e. The fourth-order valence-electron chi connectivity index (χ4n) is 2.50. The molecule has 0 saturated heterocycles. The van der Waals surface area contributed by atoms with Gasteiger partial charge in [0.25, 0.3) is 0 Å². The minimum absolute atomic E-state index is 0.560. The van der Waals surface area contributed by atoms with Gasteiger partial charge in [-0.2, -0.15) is 0 Å². The molecule has 3 rings (SSSR count). The molecule has 0 aliphatic rings. The molecule has 0 amide bonds. The molecule has 0 saturated carbocycles. The summed E-state index contributed by atoms with van der Waals surface area (Å²) in [7, 11) is 1.95. The fraction of sp³-hybridized carbons (Fsp3) is 0.182. The van der Waals surface area contributed by atoms with Crippen molar-refractivity contribution in [3.8, 4) is 11.5 Å². The van der Waals surface area contributed by atoms with E-state index >= 15 is 0 Å². The lowest BCUT2D eigenvalue weighted by Crippen LogP contribution is -2.05. The number of nitrogens with one attached hydrogen (secondary N) is 1. The molecule has 3 aromatic carbocycles. The third-order valence-corrected chi connectivity index (χ3v) is 3.88. The first-order chi connectivity index (χ1) is 12.3. The Morgan fingerprint density at radius 1 is 0.600 bits per heavy atom. The number of ether oxygens (including phenoxy) is 2. The van der Waals surface area contributed by atoms with Gasteiger partial charge in [-0.25, -0.2) is 0 Å². The highest BCUT2D eigenvalue weighted by Crippen LogP contribution is 2.20. The molecular weight excluding hydrogens is 310 g/mol. The SMILES string of the molecule is CNCc1ccc(COc2ccc(OCc3ccccc3)cc2)cc1. The van der Waals surface area contributed by atoms with Gasteiger partial charge in [-0.15, -0.1) is 0 Å². The van der Waals surface area contributed by atoms with E-state index in [1.54, 1.807) is 0 Å². The maximum Gasteiger partial charge on any atom is 0.120 e. The summed E-state index contributed by atoms with van der Waals surface area (Å²) in [6.45, 7) is 2.01. The van der Waals surface area contributed by atoms with Crippen LogP contribution in [0.5, 0.6) is 11.5 Å². The number of rotatable bonds is 8. The standard InChI is InChI=1S/C22H23NO2/c1-23-15-18-7-9-20(10-8-18)17-25-22-13-11-21(12-14-22)24-16-19-5-3-2-4-6-19/h2-14,23H,15-17H2,1H3. The van der Waals surface area contributed by atoms with Gasteiger partial charge in [-0.1, -0.05) is 54.6 Å². The van der Waals surface area contributed by atoms with Crippen LogP contribution < -0.4 is 14.8 Å². The number of hydrogen-bond acceptors (Lipinski definition) is 3. The summed E-state index contributed by atoms with van der Waals surface area (Å²) in [5.41, 5.74) is 3.58. The monoisotopic (exact) mass is 333 g/mol. The van der Waals surface area contributed by atoms with Gasteiger partial charge in [0, 0.05) is 6.54 Å². The largest absolute Gasteiger partial charge is 0.489 e. The molecule has 0 radical (unpaired) electrons. The zero-order chi connectivity index (χ0) is 17.3. The Morgan fingerprint density at radius 3 is 1.60 bits per heavy atom. The Bertz CT molecular complexity index is 752. The minimum atomic E-state index is 0.560. The van der Waals surface area contributed by atoms with Crippen LogP contribution in [0.2, 0.25) is 0 Å². The molecule has 0 heterocycles. The van der Waals surface area contributed by atoms with E-state index in [-0.39, 0.29) is 0 Å². The van der Waals surface area contributed by atoms with Crippen molar-refractivity contribution in [2.45, 2.75) is 19.8 Å². The molecule has 3 heteroatoms. The normalized spacial score (nSPS) is 10.4. The highest BCUT2D eigenvalue weighted by Gasteiger charge is 1.99. The predicted molar refractivity (Wildman–Crippen MR) is 101 cm³/mol. The van der Waals surface area contributed by atoms with Crippen LogP contribution in [-0.2, 0) is 19.8 Å². The Hall–Kier alpha value is -2.78. The first-order valence-corrected chi connectivity index (χ1v) is 8.45. The molecule has 0 bridgehead atoms. The molecule has 0 aliphatic carbocycles. The van der Waals surface area contributed by atoms with Gasteiger partial charge in [-0.05, 0) is 48.0 Å². The Labute approximate surface area is 149 Å². The summed E-state index contributed by atoms with van der Waals surface area (Å²) < 4.78 is 11.6. The van der Waals surface area contributed by atoms with Crippen molar-refractivity contribution in [2.75, 3.05) is 7.05 Å². The molecule has 0 fully saturated rings. The van der Waals surface area contributed by atoms with Crippen LogP contribution in [-0.4, -0.2) is 7.05 Å². The lowest BCUT2D eigenvalue weighted by molar-refractivity contribution is 0.297. The summed E-state index contributed by atoms with van der Waals surface area (Å²) in [5.74, 6) is 1.68. The average Bonchev–Trinajstić information content (AvgIpc) is 2.68. The molecular formula is C22H23NO2. The molecule has 0 aromatic heterocycles. The van der Waals surface area contributed by atoms with Crippen molar-refractivity contribution in [3.63, 3.8) is 0 Å². The molecule has 3 nitrogen and oxygen atoms in total. The third-order valence-electron chi connectivity index (χ3n) is 3.88. The van der Waals surface area contributed by atoms with Crippen LogP contribution in [0.25, 0.3) is 0 Å². The Balaban J connectivity index is 1.48. The van der Waals surface area contributed by atoms with E-state index < -0.39 is 0 Å². The molecule has 0 aliphatic heterocycles. The van der Waals surface area contributed by atoms with Crippen LogP contribution >= 0.6 is 0 Å². The first kappa shape index (κ1) is 17.1. The number of benzene rings is 3. The van der Waals surface area contributed by atoms with Crippen LogP contribution in [0.4, 0.5) is 0 Å². The van der Waals surface area contributed by atoms with Gasteiger partial charge >= 0.3 is 0 Å². The van der Waals surface area contributed by atoms with Crippen molar-refractivity contribution in [2.24, 2.45) is 0 Å². The van der Waals surface area contributed by atoms with Crippen LogP contribution in [0.1, 0.15) is 16.7 Å². The van der Waals surface area contributed by atoms with E-state index in [1.165, 1.54) is 5.56 Å². The maximum absolute atomic E-state index is 5.84. The zero-order valence-electron chi connectivity index (χ0n) is 14.4. The minimum Gasteiger partial charge on any atom is -0.489 e. The molecule has 25 heavy (non-hydrogen) atoms. The van der Waals surface area contributed by atoms with Crippen molar-refractivity contribution in [3.05, 3.63) is 95.6 Å². The van der Waals surface area contributed by atoms with Crippen LogP contribution in [0.3, 0.4) is 0 Å². The fourth-order valence-corrected chi connectivity index (χ4v) is 2.50. The Kier molecular flexibility index (Phi) is 6.07. The zero-order valence-corrected chi connectivity index (χ0v) is 14.4. The van der Waals surface area contributed by atoms with Gasteiger partial charge in [-0.3, -0.25) is 0 Å².